The highest BCUT2D eigenvalue weighted by molar-refractivity contribution is 5.66. The first-order chi connectivity index (χ1) is 11.9. The Hall–Kier alpha value is -2.56. The molecule has 0 radical (unpaired) electrons. The predicted octanol–water partition coefficient (Wildman–Crippen LogP) is 3.41. The molecular formula is C15H17F3N2O6. The Morgan fingerprint density at radius 3 is 2.50 bits per heavy atom. The van der Waals surface area contributed by atoms with E-state index in [1.807, 2.05) is 0 Å². The Labute approximate surface area is 146 Å². The number of carboxylic acid groups (broad SMARTS) is 1. The van der Waals surface area contributed by atoms with E-state index in [1.54, 1.807) is 0 Å². The highest BCUT2D eigenvalue weighted by Gasteiger charge is 2.50. The monoisotopic (exact) mass is 378 g/mol. The summed E-state index contributed by atoms with van der Waals surface area (Å²) in [5, 5.41) is 19.9. The summed E-state index contributed by atoms with van der Waals surface area (Å²) in [6.45, 7) is 2.69. The van der Waals surface area contributed by atoms with Crippen molar-refractivity contribution < 1.29 is 37.5 Å². The summed E-state index contributed by atoms with van der Waals surface area (Å²) in [5.74, 6) is -0.210. The molecule has 0 aliphatic carbocycles. The number of nitrogens with zero attached hydrogens (tertiary/aromatic N) is 2. The molecule has 11 heteroatoms. The maximum Gasteiger partial charge on any atom is 0.425 e. The fourth-order valence-electron chi connectivity index (χ4n) is 2.75. The summed E-state index contributed by atoms with van der Waals surface area (Å²) in [4.78, 5) is 22.1. The van der Waals surface area contributed by atoms with Crippen LogP contribution in [-0.4, -0.2) is 51.7 Å². The van der Waals surface area contributed by atoms with Gasteiger partial charge in [0.1, 0.15) is 11.5 Å². The van der Waals surface area contributed by atoms with Crippen molar-refractivity contribution in [3.8, 4) is 5.75 Å². The summed E-state index contributed by atoms with van der Waals surface area (Å²) in [6, 6.07) is 3.11. The van der Waals surface area contributed by atoms with Crippen molar-refractivity contribution in [2.75, 3.05) is 6.61 Å². The van der Waals surface area contributed by atoms with Crippen molar-refractivity contribution in [2.24, 2.45) is 0 Å². The zero-order valence-electron chi connectivity index (χ0n) is 13.9. The molecule has 26 heavy (non-hydrogen) atoms. The first-order valence-corrected chi connectivity index (χ1v) is 7.56. The van der Waals surface area contributed by atoms with E-state index in [1.165, 1.54) is 13.8 Å². The lowest BCUT2D eigenvalue weighted by Crippen LogP contribution is -2.50. The molecule has 2 rings (SSSR count). The number of nitro groups is 1. The van der Waals surface area contributed by atoms with Crippen molar-refractivity contribution in [1.29, 1.82) is 0 Å². The molecule has 0 spiro atoms. The zero-order valence-corrected chi connectivity index (χ0v) is 13.9. The van der Waals surface area contributed by atoms with E-state index < -0.39 is 41.5 Å². The summed E-state index contributed by atoms with van der Waals surface area (Å²) in [5.41, 5.74) is -1.54. The van der Waals surface area contributed by atoms with Gasteiger partial charge >= 0.3 is 12.3 Å². The maximum absolute atomic E-state index is 13.3. The molecule has 1 heterocycles. The Balaban J connectivity index is 2.18. The molecule has 1 saturated heterocycles. The maximum atomic E-state index is 13.3. The average Bonchev–Trinajstić information content (AvgIpc) is 2.81. The van der Waals surface area contributed by atoms with Crippen molar-refractivity contribution >= 4 is 11.8 Å². The second kappa shape index (κ2) is 6.98. The number of alkyl halides is 3. The van der Waals surface area contributed by atoms with Crippen molar-refractivity contribution in [1.82, 2.24) is 4.90 Å². The Bertz CT molecular complexity index is 677. The van der Waals surface area contributed by atoms with Crippen molar-refractivity contribution in [3.05, 3.63) is 34.4 Å². The number of benzene rings is 1. The molecule has 0 saturated carbocycles. The molecule has 0 aromatic heterocycles. The van der Waals surface area contributed by atoms with E-state index in [0.717, 1.165) is 29.2 Å². The first kappa shape index (κ1) is 19.8. The fraction of sp³-hybridized carbons (Fsp3) is 0.533. The minimum absolute atomic E-state index is 0.199. The van der Waals surface area contributed by atoms with Gasteiger partial charge in [0, 0.05) is 18.6 Å². The zero-order chi connectivity index (χ0) is 19.7. The predicted molar refractivity (Wildman–Crippen MR) is 81.9 cm³/mol. The number of carbonyl (C=O) groups is 1. The molecule has 1 fully saturated rings. The van der Waals surface area contributed by atoms with Crippen LogP contribution < -0.4 is 4.74 Å². The molecule has 1 amide bonds. The van der Waals surface area contributed by atoms with Crippen molar-refractivity contribution in [2.45, 2.75) is 44.3 Å². The molecule has 144 valence electrons. The van der Waals surface area contributed by atoms with Crippen LogP contribution in [-0.2, 0) is 4.74 Å². The van der Waals surface area contributed by atoms with Crippen LogP contribution >= 0.6 is 0 Å². The third kappa shape index (κ3) is 4.34. The van der Waals surface area contributed by atoms with Crippen LogP contribution in [0.4, 0.5) is 23.7 Å². The summed E-state index contributed by atoms with van der Waals surface area (Å²) >= 11 is 0. The van der Waals surface area contributed by atoms with E-state index in [0.29, 0.717) is 0 Å². The largest absolute Gasteiger partial charge is 0.481 e. The molecule has 2 unspecified atom stereocenters. The van der Waals surface area contributed by atoms with Crippen LogP contribution in [0.5, 0.6) is 5.75 Å². The minimum atomic E-state index is -4.77. The van der Waals surface area contributed by atoms with Gasteiger partial charge in [-0.05, 0) is 26.0 Å². The summed E-state index contributed by atoms with van der Waals surface area (Å²) < 4.78 is 50.3. The van der Waals surface area contributed by atoms with Gasteiger partial charge in [0.2, 0.25) is 0 Å². The number of hydrogen-bond donors (Lipinski definition) is 1. The number of rotatable bonds is 5. The van der Waals surface area contributed by atoms with Gasteiger partial charge in [-0.2, -0.15) is 13.2 Å². The number of ether oxygens (including phenoxy) is 2. The van der Waals surface area contributed by atoms with Gasteiger partial charge in [-0.25, -0.2) is 4.79 Å². The Kier molecular flexibility index (Phi) is 5.31. The van der Waals surface area contributed by atoms with Gasteiger partial charge < -0.3 is 14.6 Å². The number of nitro benzene ring substituents is 1. The molecule has 1 aliphatic rings. The van der Waals surface area contributed by atoms with E-state index in [9.17, 15) is 33.2 Å². The molecule has 2 atom stereocenters. The van der Waals surface area contributed by atoms with E-state index >= 15 is 0 Å². The summed E-state index contributed by atoms with van der Waals surface area (Å²) in [6.07, 6.45) is -9.13. The molecule has 1 aromatic rings. The number of halogens is 3. The SMILES string of the molecule is CC1(C)OCC(CC(Oc2ccc([N+](=O)[O-])cc2)C(F)(F)F)N1C(=O)O. The van der Waals surface area contributed by atoms with E-state index in [2.05, 4.69) is 0 Å². The quantitative estimate of drug-likeness (QED) is 0.622. The lowest BCUT2D eigenvalue weighted by atomic mass is 10.1. The van der Waals surface area contributed by atoms with Crippen molar-refractivity contribution in [3.63, 3.8) is 0 Å². The van der Waals surface area contributed by atoms with E-state index in [-0.39, 0.29) is 18.0 Å². The minimum Gasteiger partial charge on any atom is -0.481 e. The van der Waals surface area contributed by atoms with Crippen LogP contribution in [0.3, 0.4) is 0 Å². The van der Waals surface area contributed by atoms with Gasteiger partial charge in [-0.1, -0.05) is 0 Å². The second-order valence-corrected chi connectivity index (χ2v) is 6.20. The van der Waals surface area contributed by atoms with E-state index in [4.69, 9.17) is 9.47 Å². The molecule has 8 nitrogen and oxygen atoms in total. The van der Waals surface area contributed by atoms with Gasteiger partial charge in [0.15, 0.2) is 6.10 Å². The topological polar surface area (TPSA) is 102 Å². The second-order valence-electron chi connectivity index (χ2n) is 6.20. The summed E-state index contributed by atoms with van der Waals surface area (Å²) in [7, 11) is 0. The highest BCUT2D eigenvalue weighted by atomic mass is 19.4. The smallest absolute Gasteiger partial charge is 0.425 e. The third-order valence-electron chi connectivity index (χ3n) is 3.96. The van der Waals surface area contributed by atoms with Gasteiger partial charge in [-0.3, -0.25) is 15.0 Å². The first-order valence-electron chi connectivity index (χ1n) is 7.56. The molecule has 1 aromatic carbocycles. The van der Waals surface area contributed by atoms with Gasteiger partial charge in [0.05, 0.1) is 17.6 Å². The lowest BCUT2D eigenvalue weighted by molar-refractivity contribution is -0.384. The van der Waals surface area contributed by atoms with Gasteiger partial charge in [-0.15, -0.1) is 0 Å². The van der Waals surface area contributed by atoms with Crippen LogP contribution in [0.15, 0.2) is 24.3 Å². The average molecular weight is 378 g/mol. The van der Waals surface area contributed by atoms with Gasteiger partial charge in [0.25, 0.3) is 5.69 Å². The molecule has 1 N–H and O–H groups in total. The molecule has 1 aliphatic heterocycles. The van der Waals surface area contributed by atoms with Crippen LogP contribution in [0.25, 0.3) is 0 Å². The third-order valence-corrected chi connectivity index (χ3v) is 3.96. The lowest BCUT2D eigenvalue weighted by Gasteiger charge is -2.32. The highest BCUT2D eigenvalue weighted by Crippen LogP contribution is 2.35. The van der Waals surface area contributed by atoms with Crippen LogP contribution in [0.2, 0.25) is 0 Å². The number of amides is 1. The Morgan fingerprint density at radius 1 is 1.46 bits per heavy atom. The number of hydrogen-bond acceptors (Lipinski definition) is 5. The molecule has 0 bridgehead atoms. The van der Waals surface area contributed by atoms with Crippen LogP contribution in [0.1, 0.15) is 20.3 Å². The Morgan fingerprint density at radius 2 is 2.04 bits per heavy atom. The normalized spacial score (nSPS) is 20.7. The van der Waals surface area contributed by atoms with Crippen LogP contribution in [0, 0.1) is 10.1 Å². The standard InChI is InChI=1S/C15H17F3N2O6/c1-14(2)19(13(21)22)10(8-25-14)7-12(15(16,17)18)26-11-5-3-9(4-6-11)20(23)24/h3-6,10,12H,7-8H2,1-2H3,(H,21,22). The fourth-order valence-corrected chi connectivity index (χ4v) is 2.75. The molecular weight excluding hydrogens is 361 g/mol. The number of non-ortho nitro benzene ring substituents is 1.